The van der Waals surface area contributed by atoms with Gasteiger partial charge in [0.05, 0.1) is 12.2 Å². The standard InChI is InChI=1S/C12H27NO2/c1-12(2,3)15-11-9-13(4)8-6-5-7-10-14/h14H,5-11H2,1-4H3. The highest BCUT2D eigenvalue weighted by molar-refractivity contribution is 4.60. The average molecular weight is 217 g/mol. The lowest BCUT2D eigenvalue weighted by Crippen LogP contribution is -2.28. The summed E-state index contributed by atoms with van der Waals surface area (Å²) >= 11 is 0. The van der Waals surface area contributed by atoms with E-state index in [0.717, 1.165) is 39.0 Å². The molecule has 15 heavy (non-hydrogen) atoms. The van der Waals surface area contributed by atoms with Gasteiger partial charge in [-0.25, -0.2) is 0 Å². The molecule has 0 saturated carbocycles. The van der Waals surface area contributed by atoms with Crippen LogP contribution in [0.1, 0.15) is 40.0 Å². The summed E-state index contributed by atoms with van der Waals surface area (Å²) in [4.78, 5) is 2.28. The quantitative estimate of drug-likeness (QED) is 0.630. The first-order valence-electron chi connectivity index (χ1n) is 5.89. The van der Waals surface area contributed by atoms with E-state index in [4.69, 9.17) is 9.84 Å². The number of nitrogens with zero attached hydrogens (tertiary/aromatic N) is 1. The van der Waals surface area contributed by atoms with E-state index in [0.29, 0.717) is 6.61 Å². The Bertz CT molecular complexity index is 143. The second-order valence-electron chi connectivity index (χ2n) is 5.05. The summed E-state index contributed by atoms with van der Waals surface area (Å²) < 4.78 is 5.65. The van der Waals surface area contributed by atoms with Crippen molar-refractivity contribution in [3.8, 4) is 0 Å². The predicted octanol–water partition coefficient (Wildman–Crippen LogP) is 1.90. The lowest BCUT2D eigenvalue weighted by atomic mass is 10.2. The van der Waals surface area contributed by atoms with Crippen molar-refractivity contribution in [3.63, 3.8) is 0 Å². The average Bonchev–Trinajstić information content (AvgIpc) is 2.10. The van der Waals surface area contributed by atoms with Crippen molar-refractivity contribution in [1.82, 2.24) is 4.90 Å². The van der Waals surface area contributed by atoms with E-state index in [9.17, 15) is 0 Å². The fourth-order valence-electron chi connectivity index (χ4n) is 1.29. The Labute approximate surface area is 94.4 Å². The fraction of sp³-hybridized carbons (Fsp3) is 1.00. The molecule has 0 bridgehead atoms. The minimum atomic E-state index is -0.0300. The Balaban J connectivity index is 3.29. The minimum Gasteiger partial charge on any atom is -0.396 e. The number of aliphatic hydroxyl groups excluding tert-OH is 1. The second-order valence-corrected chi connectivity index (χ2v) is 5.05. The molecule has 0 aromatic rings. The number of hydrogen-bond donors (Lipinski definition) is 1. The van der Waals surface area contributed by atoms with Crippen molar-refractivity contribution in [2.75, 3.05) is 33.4 Å². The lowest BCUT2D eigenvalue weighted by molar-refractivity contribution is -0.0108. The maximum Gasteiger partial charge on any atom is 0.0600 e. The van der Waals surface area contributed by atoms with Gasteiger partial charge in [0.1, 0.15) is 0 Å². The Morgan fingerprint density at radius 2 is 1.73 bits per heavy atom. The zero-order chi connectivity index (χ0) is 11.7. The van der Waals surface area contributed by atoms with Gasteiger partial charge in [0.2, 0.25) is 0 Å². The van der Waals surface area contributed by atoms with E-state index < -0.39 is 0 Å². The predicted molar refractivity (Wildman–Crippen MR) is 64.1 cm³/mol. The molecule has 0 radical (unpaired) electrons. The molecule has 0 atom stereocenters. The molecule has 0 fully saturated rings. The van der Waals surface area contributed by atoms with E-state index >= 15 is 0 Å². The maximum absolute atomic E-state index is 8.63. The van der Waals surface area contributed by atoms with E-state index in [1.54, 1.807) is 0 Å². The number of rotatable bonds is 8. The van der Waals surface area contributed by atoms with Gasteiger partial charge in [-0.3, -0.25) is 0 Å². The molecule has 0 amide bonds. The van der Waals surface area contributed by atoms with Gasteiger partial charge in [-0.05, 0) is 53.6 Å². The van der Waals surface area contributed by atoms with Crippen LogP contribution in [-0.2, 0) is 4.74 Å². The van der Waals surface area contributed by atoms with Crippen LogP contribution in [0.15, 0.2) is 0 Å². The van der Waals surface area contributed by atoms with E-state index in [-0.39, 0.29) is 5.60 Å². The molecule has 0 spiro atoms. The lowest BCUT2D eigenvalue weighted by Gasteiger charge is -2.22. The first-order valence-corrected chi connectivity index (χ1v) is 5.89. The van der Waals surface area contributed by atoms with Crippen molar-refractivity contribution in [2.45, 2.75) is 45.6 Å². The third-order valence-corrected chi connectivity index (χ3v) is 2.21. The Hall–Kier alpha value is -0.120. The third kappa shape index (κ3) is 11.8. The number of aliphatic hydroxyl groups is 1. The first-order chi connectivity index (χ1) is 6.95. The molecular weight excluding hydrogens is 190 g/mol. The fourth-order valence-corrected chi connectivity index (χ4v) is 1.29. The summed E-state index contributed by atoms with van der Waals surface area (Å²) in [6.45, 7) is 9.41. The summed E-state index contributed by atoms with van der Waals surface area (Å²) in [5.74, 6) is 0. The van der Waals surface area contributed by atoms with Gasteiger partial charge < -0.3 is 14.7 Å². The highest BCUT2D eigenvalue weighted by Gasteiger charge is 2.09. The van der Waals surface area contributed by atoms with Crippen molar-refractivity contribution in [1.29, 1.82) is 0 Å². The summed E-state index contributed by atoms with van der Waals surface area (Å²) in [6, 6.07) is 0. The number of unbranched alkanes of at least 4 members (excludes halogenated alkanes) is 2. The zero-order valence-electron chi connectivity index (χ0n) is 10.8. The van der Waals surface area contributed by atoms with Crippen LogP contribution in [0, 0.1) is 0 Å². The smallest absolute Gasteiger partial charge is 0.0600 e. The number of hydrogen-bond acceptors (Lipinski definition) is 3. The molecule has 3 heteroatoms. The highest BCUT2D eigenvalue weighted by Crippen LogP contribution is 2.06. The summed E-state index contributed by atoms with van der Waals surface area (Å²) in [6.07, 6.45) is 3.19. The van der Waals surface area contributed by atoms with Crippen LogP contribution in [0.25, 0.3) is 0 Å². The molecule has 3 nitrogen and oxygen atoms in total. The van der Waals surface area contributed by atoms with Crippen molar-refractivity contribution in [3.05, 3.63) is 0 Å². The van der Waals surface area contributed by atoms with Crippen molar-refractivity contribution in [2.24, 2.45) is 0 Å². The van der Waals surface area contributed by atoms with Crippen LogP contribution in [0.2, 0.25) is 0 Å². The molecule has 0 rings (SSSR count). The van der Waals surface area contributed by atoms with Gasteiger partial charge in [0, 0.05) is 13.2 Å². The van der Waals surface area contributed by atoms with Crippen LogP contribution in [0.3, 0.4) is 0 Å². The molecular formula is C12H27NO2. The SMILES string of the molecule is CN(CCCCCO)CCOC(C)(C)C. The Morgan fingerprint density at radius 1 is 1.07 bits per heavy atom. The third-order valence-electron chi connectivity index (χ3n) is 2.21. The summed E-state index contributed by atoms with van der Waals surface area (Å²) in [5, 5.41) is 8.63. The normalized spacial score (nSPS) is 12.4. The van der Waals surface area contributed by atoms with Gasteiger partial charge in [0.15, 0.2) is 0 Å². The van der Waals surface area contributed by atoms with Crippen LogP contribution < -0.4 is 0 Å². The Kier molecular flexibility index (Phi) is 8.02. The molecule has 0 heterocycles. The minimum absolute atomic E-state index is 0.0300. The molecule has 92 valence electrons. The van der Waals surface area contributed by atoms with E-state index in [2.05, 4.69) is 32.7 Å². The molecule has 0 aliphatic rings. The second kappa shape index (κ2) is 8.08. The molecule has 0 aromatic heterocycles. The van der Waals surface area contributed by atoms with Crippen molar-refractivity contribution >= 4 is 0 Å². The molecule has 0 unspecified atom stereocenters. The van der Waals surface area contributed by atoms with Gasteiger partial charge in [-0.15, -0.1) is 0 Å². The molecule has 0 aliphatic carbocycles. The largest absolute Gasteiger partial charge is 0.396 e. The van der Waals surface area contributed by atoms with E-state index in [1.165, 1.54) is 0 Å². The zero-order valence-corrected chi connectivity index (χ0v) is 10.8. The maximum atomic E-state index is 8.63. The van der Waals surface area contributed by atoms with Crippen LogP contribution in [0.5, 0.6) is 0 Å². The van der Waals surface area contributed by atoms with Gasteiger partial charge in [-0.2, -0.15) is 0 Å². The van der Waals surface area contributed by atoms with Crippen molar-refractivity contribution < 1.29 is 9.84 Å². The van der Waals surface area contributed by atoms with Gasteiger partial charge in [0.25, 0.3) is 0 Å². The summed E-state index contributed by atoms with van der Waals surface area (Å²) in [7, 11) is 2.12. The summed E-state index contributed by atoms with van der Waals surface area (Å²) in [5.41, 5.74) is -0.0300. The topological polar surface area (TPSA) is 32.7 Å². The van der Waals surface area contributed by atoms with Gasteiger partial charge in [-0.1, -0.05) is 0 Å². The Morgan fingerprint density at radius 3 is 2.27 bits per heavy atom. The number of likely N-dealkylation sites (N-methyl/N-ethyl adjacent to an activating group) is 1. The molecule has 1 N–H and O–H groups in total. The van der Waals surface area contributed by atoms with Crippen LogP contribution in [-0.4, -0.2) is 49.0 Å². The molecule has 0 aliphatic heterocycles. The monoisotopic (exact) mass is 217 g/mol. The molecule has 0 aromatic carbocycles. The highest BCUT2D eigenvalue weighted by atomic mass is 16.5. The number of ether oxygens (including phenoxy) is 1. The first kappa shape index (κ1) is 14.9. The van der Waals surface area contributed by atoms with Gasteiger partial charge >= 0.3 is 0 Å². The van der Waals surface area contributed by atoms with Crippen LogP contribution in [0.4, 0.5) is 0 Å². The van der Waals surface area contributed by atoms with E-state index in [1.807, 2.05) is 0 Å². The molecule has 0 saturated heterocycles. The van der Waals surface area contributed by atoms with Crippen LogP contribution >= 0.6 is 0 Å².